The van der Waals surface area contributed by atoms with Gasteiger partial charge in [-0.15, -0.1) is 0 Å². The van der Waals surface area contributed by atoms with E-state index in [0.717, 1.165) is 12.0 Å². The number of thiocarbonyl (C=S) groups is 1. The van der Waals surface area contributed by atoms with Gasteiger partial charge in [0.1, 0.15) is 0 Å². The molecule has 9 nitrogen and oxygen atoms in total. The van der Waals surface area contributed by atoms with E-state index in [0.29, 0.717) is 15.3 Å². The van der Waals surface area contributed by atoms with Crippen LogP contribution >= 0.6 is 39.7 Å². The second-order valence-corrected chi connectivity index (χ2v) is 9.40. The number of benzene rings is 1. The van der Waals surface area contributed by atoms with Crippen molar-refractivity contribution in [3.63, 3.8) is 0 Å². The van der Waals surface area contributed by atoms with Crippen molar-refractivity contribution in [2.24, 2.45) is 4.99 Å². The molecule has 1 amide bonds. The summed E-state index contributed by atoms with van der Waals surface area (Å²) in [6, 6.07) is 4.82. The number of carbonyl (C=O) groups is 1. The Kier molecular flexibility index (Phi) is 5.44. The molecule has 1 aromatic carbocycles. The number of hydrogen-bond acceptors (Lipinski definition) is 6. The maximum atomic E-state index is 13.1. The van der Waals surface area contributed by atoms with E-state index < -0.39 is 21.3 Å². The predicted octanol–water partition coefficient (Wildman–Crippen LogP) is 2.72. The van der Waals surface area contributed by atoms with Crippen LogP contribution in [0.4, 0.5) is 10.5 Å². The lowest BCUT2D eigenvalue weighted by atomic mass is 10.3. The van der Waals surface area contributed by atoms with Crippen molar-refractivity contribution in [1.82, 2.24) is 9.91 Å². The molecule has 1 unspecified atom stereocenters. The SMILES string of the molecule is COC(=O)N1C[N+]2(C)C(=CC(=S)N2C)N=C1S(=O)(=O)Nc1c(Cl)cccc1Br. The second kappa shape index (κ2) is 7.26. The predicted molar refractivity (Wildman–Crippen MR) is 113 cm³/mol. The van der Waals surface area contributed by atoms with E-state index in [4.69, 9.17) is 28.6 Å². The van der Waals surface area contributed by atoms with Crippen molar-refractivity contribution in [1.29, 1.82) is 0 Å². The molecule has 28 heavy (non-hydrogen) atoms. The lowest BCUT2D eigenvalue weighted by molar-refractivity contribution is -0.973. The number of fused-ring (bicyclic) bond motifs is 1. The Bertz CT molecular complexity index is 1020. The summed E-state index contributed by atoms with van der Waals surface area (Å²) in [5.41, 5.74) is 0.132. The third-order valence-electron chi connectivity index (χ3n) is 4.42. The van der Waals surface area contributed by atoms with Crippen molar-refractivity contribution < 1.29 is 22.5 Å². The molecule has 3 rings (SSSR count). The maximum absolute atomic E-state index is 13.1. The lowest BCUT2D eigenvalue weighted by Crippen LogP contribution is -2.63. The molecule has 0 bridgehead atoms. The van der Waals surface area contributed by atoms with E-state index in [1.54, 1.807) is 37.3 Å². The van der Waals surface area contributed by atoms with Crippen molar-refractivity contribution in [2.75, 3.05) is 32.6 Å². The first-order valence-electron chi connectivity index (χ1n) is 7.78. The highest BCUT2D eigenvalue weighted by molar-refractivity contribution is 9.10. The normalized spacial score (nSPS) is 21.8. The van der Waals surface area contributed by atoms with Gasteiger partial charge in [-0.2, -0.15) is 22.9 Å². The number of likely N-dealkylation sites (N-methyl/N-ethyl adjacent to an activating group) is 1. The molecule has 2 aliphatic rings. The van der Waals surface area contributed by atoms with Crippen LogP contribution in [0.3, 0.4) is 0 Å². The van der Waals surface area contributed by atoms with Gasteiger partial charge in [0.05, 0.1) is 38.0 Å². The molecule has 1 atom stereocenters. The van der Waals surface area contributed by atoms with Crippen LogP contribution in [0, 0.1) is 0 Å². The van der Waals surface area contributed by atoms with Gasteiger partial charge < -0.3 is 4.74 Å². The molecule has 1 aromatic rings. The molecule has 2 heterocycles. The van der Waals surface area contributed by atoms with Gasteiger partial charge in [0, 0.05) is 4.47 Å². The molecular weight excluding hydrogens is 494 g/mol. The molecular formula is C15H16BrClN5O4S2+. The van der Waals surface area contributed by atoms with E-state index in [1.165, 1.54) is 6.07 Å². The maximum Gasteiger partial charge on any atom is 0.420 e. The number of hydrogen-bond donors (Lipinski definition) is 1. The summed E-state index contributed by atoms with van der Waals surface area (Å²) < 4.78 is 33.8. The average Bonchev–Trinajstić information content (AvgIpc) is 2.86. The van der Waals surface area contributed by atoms with Crippen LogP contribution in [-0.2, 0) is 14.8 Å². The third kappa shape index (κ3) is 3.39. The van der Waals surface area contributed by atoms with E-state index in [1.807, 2.05) is 0 Å². The molecule has 0 aromatic heterocycles. The molecule has 13 heteroatoms. The van der Waals surface area contributed by atoms with E-state index in [-0.39, 0.29) is 22.0 Å². The number of rotatable bonds is 2. The monoisotopic (exact) mass is 508 g/mol. The number of quaternary nitrogens is 1. The Labute approximate surface area is 180 Å². The fraction of sp³-hybridized carbons (Fsp3) is 0.267. The third-order valence-corrected chi connectivity index (χ3v) is 7.04. The van der Waals surface area contributed by atoms with E-state index in [2.05, 4.69) is 25.6 Å². The number of para-hydroxylation sites is 1. The highest BCUT2D eigenvalue weighted by Gasteiger charge is 2.51. The number of amides is 1. The molecule has 0 saturated heterocycles. The van der Waals surface area contributed by atoms with Gasteiger partial charge in [0.25, 0.3) is 21.0 Å². The number of nitrogens with zero attached hydrogens (tertiary/aromatic N) is 4. The summed E-state index contributed by atoms with van der Waals surface area (Å²) >= 11 is 14.6. The number of aliphatic imine (C=N–C) groups is 1. The van der Waals surface area contributed by atoms with Gasteiger partial charge in [0.15, 0.2) is 11.7 Å². The number of anilines is 1. The quantitative estimate of drug-likeness (QED) is 0.487. The number of amidine groups is 1. The molecule has 1 N–H and O–H groups in total. The minimum Gasteiger partial charge on any atom is -0.452 e. The van der Waals surface area contributed by atoms with Gasteiger partial charge in [-0.05, 0) is 28.1 Å². The van der Waals surface area contributed by atoms with Gasteiger partial charge in [-0.25, -0.2) is 9.80 Å². The number of carbonyl (C=O) groups excluding carboxylic acids is 1. The van der Waals surface area contributed by atoms with Gasteiger partial charge in [-0.3, -0.25) is 4.72 Å². The van der Waals surface area contributed by atoms with Crippen molar-refractivity contribution >= 4 is 71.7 Å². The summed E-state index contributed by atoms with van der Waals surface area (Å²) in [5, 5.41) is 1.37. The van der Waals surface area contributed by atoms with Crippen molar-refractivity contribution in [2.45, 2.75) is 0 Å². The van der Waals surface area contributed by atoms with Crippen LogP contribution in [0.15, 0.2) is 39.6 Å². The molecule has 2 aliphatic heterocycles. The topological polar surface area (TPSA) is 91.3 Å². The number of sulfonamides is 1. The van der Waals surface area contributed by atoms with Crippen molar-refractivity contribution in [3.05, 3.63) is 39.6 Å². The summed E-state index contributed by atoms with van der Waals surface area (Å²) in [4.78, 5) is 18.0. The van der Waals surface area contributed by atoms with Crippen molar-refractivity contribution in [3.8, 4) is 0 Å². The first-order chi connectivity index (χ1) is 13.0. The molecule has 0 aliphatic carbocycles. The Morgan fingerprint density at radius 2 is 2.14 bits per heavy atom. The fourth-order valence-corrected chi connectivity index (χ4v) is 5.23. The standard InChI is InChI=1S/C15H16BrClN5O4S2/c1-20-12(27)7-11-18-14(21(15(23)26-3)8-22(11,20)2)28(24,25)19-13-9(16)5-4-6-10(13)17/h4-7,19H,8H2,1-3H3/q+1. The zero-order valence-electron chi connectivity index (χ0n) is 15.0. The van der Waals surface area contributed by atoms with Crippen LogP contribution in [-0.4, -0.2) is 67.0 Å². The van der Waals surface area contributed by atoms with Crippen LogP contribution in [0.1, 0.15) is 0 Å². The average molecular weight is 510 g/mol. The molecule has 150 valence electrons. The first-order valence-corrected chi connectivity index (χ1v) is 10.8. The Morgan fingerprint density at radius 1 is 1.46 bits per heavy atom. The highest BCUT2D eigenvalue weighted by atomic mass is 79.9. The molecule has 0 radical (unpaired) electrons. The number of ether oxygens (including phenoxy) is 1. The minimum atomic E-state index is -4.29. The van der Waals surface area contributed by atoms with Gasteiger partial charge in [0.2, 0.25) is 0 Å². The fourth-order valence-electron chi connectivity index (χ4n) is 2.74. The van der Waals surface area contributed by atoms with E-state index in [9.17, 15) is 13.2 Å². The van der Waals surface area contributed by atoms with Crippen LogP contribution in [0.25, 0.3) is 0 Å². The largest absolute Gasteiger partial charge is 0.452 e. The Hall–Kier alpha value is -1.73. The molecule has 0 fully saturated rings. The summed E-state index contributed by atoms with van der Waals surface area (Å²) in [6.07, 6.45) is 0.720. The molecule has 0 spiro atoms. The number of nitrogens with one attached hydrogen (secondary N) is 1. The van der Waals surface area contributed by atoms with Gasteiger partial charge in [-0.1, -0.05) is 29.9 Å². The lowest BCUT2D eigenvalue weighted by Gasteiger charge is -2.41. The Balaban J connectivity index is 2.11. The van der Waals surface area contributed by atoms with Gasteiger partial charge >= 0.3 is 6.09 Å². The molecule has 0 saturated carbocycles. The smallest absolute Gasteiger partial charge is 0.420 e. The number of methoxy groups -OCH3 is 1. The van der Waals surface area contributed by atoms with Crippen LogP contribution in [0.5, 0.6) is 0 Å². The summed E-state index contributed by atoms with van der Waals surface area (Å²) in [5.74, 6) is 0.381. The minimum absolute atomic E-state index is 0.00272. The Morgan fingerprint density at radius 3 is 2.75 bits per heavy atom. The van der Waals surface area contributed by atoms with Crippen LogP contribution < -0.4 is 4.72 Å². The highest BCUT2D eigenvalue weighted by Crippen LogP contribution is 2.34. The summed E-state index contributed by atoms with van der Waals surface area (Å²) in [6.45, 7) is -0.0709. The zero-order chi connectivity index (χ0) is 20.9. The first kappa shape index (κ1) is 21.0. The summed E-state index contributed by atoms with van der Waals surface area (Å²) in [7, 11) is 0.361. The second-order valence-electron chi connectivity index (χ2n) is 6.14. The van der Waals surface area contributed by atoms with E-state index >= 15 is 0 Å². The van der Waals surface area contributed by atoms with Crippen LogP contribution in [0.2, 0.25) is 5.02 Å². The number of halogens is 2. The zero-order valence-corrected chi connectivity index (χ0v) is 19.0.